The zero-order chi connectivity index (χ0) is 13.5. The number of cyclic esters (lactones) is 1. The van der Waals surface area contributed by atoms with Crippen molar-refractivity contribution in [3.05, 3.63) is 42.0 Å². The molecule has 3 rings (SSSR count). The van der Waals surface area contributed by atoms with Gasteiger partial charge in [-0.25, -0.2) is 0 Å². The number of anilines is 1. The highest BCUT2D eigenvalue weighted by molar-refractivity contribution is 5.81. The first kappa shape index (κ1) is 12.3. The van der Waals surface area contributed by atoms with E-state index >= 15 is 0 Å². The fourth-order valence-electron chi connectivity index (χ4n) is 3.42. The highest BCUT2D eigenvalue weighted by Crippen LogP contribution is 2.52. The van der Waals surface area contributed by atoms with Crippen molar-refractivity contribution in [2.24, 2.45) is 11.3 Å². The molecule has 0 bridgehead atoms. The van der Waals surface area contributed by atoms with Gasteiger partial charge >= 0.3 is 5.97 Å². The lowest BCUT2D eigenvalue weighted by Gasteiger charge is -2.24. The Morgan fingerprint density at radius 1 is 1.42 bits per heavy atom. The molecule has 1 N–H and O–H groups in total. The van der Waals surface area contributed by atoms with E-state index in [-0.39, 0.29) is 11.4 Å². The largest absolute Gasteiger partial charge is 0.465 e. The van der Waals surface area contributed by atoms with Gasteiger partial charge in [-0.2, -0.15) is 0 Å². The first-order valence-electron chi connectivity index (χ1n) is 6.74. The van der Waals surface area contributed by atoms with Crippen LogP contribution < -0.4 is 5.32 Å². The number of esters is 1. The van der Waals surface area contributed by atoms with E-state index in [2.05, 4.69) is 24.0 Å². The van der Waals surface area contributed by atoms with E-state index < -0.39 is 0 Å². The van der Waals surface area contributed by atoms with Crippen molar-refractivity contribution in [1.82, 2.24) is 0 Å². The third-order valence-corrected chi connectivity index (χ3v) is 4.47. The minimum absolute atomic E-state index is 0.0335. The Hall–Kier alpha value is -1.77. The van der Waals surface area contributed by atoms with Crippen LogP contribution >= 0.6 is 0 Å². The molecule has 1 aromatic rings. The third-order valence-electron chi connectivity index (χ3n) is 4.47. The SMILES string of the molecule is C=C1C[C@@H]2COC(=O)[C@]2(Cc2ccc(NC)cc2)C1. The second kappa shape index (κ2) is 4.41. The van der Waals surface area contributed by atoms with Gasteiger partial charge < -0.3 is 10.1 Å². The van der Waals surface area contributed by atoms with Crippen molar-refractivity contribution in [3.8, 4) is 0 Å². The van der Waals surface area contributed by atoms with Crippen molar-refractivity contribution in [2.45, 2.75) is 19.3 Å². The lowest BCUT2D eigenvalue weighted by molar-refractivity contribution is -0.146. The second-order valence-corrected chi connectivity index (χ2v) is 5.71. The molecule has 0 aromatic heterocycles. The van der Waals surface area contributed by atoms with Gasteiger partial charge in [0, 0.05) is 18.7 Å². The molecule has 1 aromatic carbocycles. The van der Waals surface area contributed by atoms with Crippen LogP contribution in [0.3, 0.4) is 0 Å². The van der Waals surface area contributed by atoms with Crippen molar-refractivity contribution in [1.29, 1.82) is 0 Å². The number of rotatable bonds is 3. The Bertz CT molecular complexity index is 520. The molecule has 0 spiro atoms. The number of allylic oxidation sites excluding steroid dienone is 1. The average Bonchev–Trinajstić information content (AvgIpc) is 2.87. The number of ether oxygens (including phenoxy) is 1. The number of carbonyl (C=O) groups excluding carboxylic acids is 1. The van der Waals surface area contributed by atoms with Crippen molar-refractivity contribution in [3.63, 3.8) is 0 Å². The number of fused-ring (bicyclic) bond motifs is 1. The van der Waals surface area contributed by atoms with Crippen molar-refractivity contribution >= 4 is 11.7 Å². The van der Waals surface area contributed by atoms with Gasteiger partial charge in [0.15, 0.2) is 0 Å². The van der Waals surface area contributed by atoms with Gasteiger partial charge in [0.05, 0.1) is 12.0 Å². The molecule has 2 fully saturated rings. The molecule has 2 atom stereocenters. The molecular weight excluding hydrogens is 238 g/mol. The van der Waals surface area contributed by atoms with Gasteiger partial charge in [0.25, 0.3) is 0 Å². The molecule has 0 unspecified atom stereocenters. The van der Waals surface area contributed by atoms with Gasteiger partial charge in [-0.05, 0) is 37.0 Å². The molecule has 2 aliphatic rings. The van der Waals surface area contributed by atoms with Gasteiger partial charge in [0.1, 0.15) is 0 Å². The first-order chi connectivity index (χ1) is 9.14. The monoisotopic (exact) mass is 257 g/mol. The topological polar surface area (TPSA) is 38.3 Å². The lowest BCUT2D eigenvalue weighted by atomic mass is 9.75. The van der Waals surface area contributed by atoms with Gasteiger partial charge in [-0.1, -0.05) is 24.3 Å². The fourth-order valence-corrected chi connectivity index (χ4v) is 3.42. The Balaban J connectivity index is 1.87. The number of hydrogen-bond acceptors (Lipinski definition) is 3. The van der Waals surface area contributed by atoms with Crippen LogP contribution in [0, 0.1) is 11.3 Å². The van der Waals surface area contributed by atoms with Crippen LogP contribution in [0.5, 0.6) is 0 Å². The maximum atomic E-state index is 12.2. The maximum Gasteiger partial charge on any atom is 0.313 e. The molecule has 3 nitrogen and oxygen atoms in total. The van der Waals surface area contributed by atoms with Crippen LogP contribution in [0.15, 0.2) is 36.4 Å². The van der Waals surface area contributed by atoms with Crippen LogP contribution in [-0.2, 0) is 16.0 Å². The predicted octanol–water partition coefficient (Wildman–Crippen LogP) is 2.78. The average molecular weight is 257 g/mol. The van der Waals surface area contributed by atoms with Crippen molar-refractivity contribution < 1.29 is 9.53 Å². The van der Waals surface area contributed by atoms with E-state index in [0.29, 0.717) is 12.5 Å². The molecule has 1 heterocycles. The van der Waals surface area contributed by atoms with Crippen LogP contribution in [0.2, 0.25) is 0 Å². The molecule has 0 radical (unpaired) electrons. The zero-order valence-corrected chi connectivity index (χ0v) is 11.2. The molecular formula is C16H19NO2. The first-order valence-corrected chi connectivity index (χ1v) is 6.74. The Kier molecular flexibility index (Phi) is 2.85. The lowest BCUT2D eigenvalue weighted by Crippen LogP contribution is -2.31. The normalized spacial score (nSPS) is 29.2. The molecule has 3 heteroatoms. The molecule has 1 aliphatic carbocycles. The molecule has 19 heavy (non-hydrogen) atoms. The fraction of sp³-hybridized carbons (Fsp3) is 0.438. The van der Waals surface area contributed by atoms with Crippen molar-refractivity contribution in [2.75, 3.05) is 19.0 Å². The summed E-state index contributed by atoms with van der Waals surface area (Å²) in [5, 5.41) is 3.10. The summed E-state index contributed by atoms with van der Waals surface area (Å²) in [5.74, 6) is 0.283. The Morgan fingerprint density at radius 3 is 2.84 bits per heavy atom. The summed E-state index contributed by atoms with van der Waals surface area (Å²) in [4.78, 5) is 12.2. The molecule has 1 saturated heterocycles. The summed E-state index contributed by atoms with van der Waals surface area (Å²) in [5.41, 5.74) is 3.12. The van der Waals surface area contributed by atoms with E-state index in [1.807, 2.05) is 19.2 Å². The minimum Gasteiger partial charge on any atom is -0.465 e. The molecule has 100 valence electrons. The number of hydrogen-bond donors (Lipinski definition) is 1. The van der Waals surface area contributed by atoms with Crippen LogP contribution in [-0.4, -0.2) is 19.6 Å². The Morgan fingerprint density at radius 2 is 2.16 bits per heavy atom. The quantitative estimate of drug-likeness (QED) is 0.668. The van der Waals surface area contributed by atoms with E-state index in [0.717, 1.165) is 24.9 Å². The minimum atomic E-state index is -0.349. The molecule has 0 amide bonds. The van der Waals surface area contributed by atoms with Crippen LogP contribution in [0.1, 0.15) is 18.4 Å². The van der Waals surface area contributed by atoms with Crippen LogP contribution in [0.4, 0.5) is 5.69 Å². The summed E-state index contributed by atoms with van der Waals surface area (Å²) >= 11 is 0. The zero-order valence-electron chi connectivity index (χ0n) is 11.2. The highest BCUT2D eigenvalue weighted by atomic mass is 16.5. The summed E-state index contributed by atoms with van der Waals surface area (Å²) in [6.07, 6.45) is 2.48. The molecule has 1 saturated carbocycles. The predicted molar refractivity (Wildman–Crippen MR) is 74.9 cm³/mol. The smallest absolute Gasteiger partial charge is 0.313 e. The number of benzene rings is 1. The number of nitrogens with one attached hydrogen (secondary N) is 1. The highest BCUT2D eigenvalue weighted by Gasteiger charge is 2.55. The standard InChI is InChI=1S/C16H19NO2/c1-11-7-13-10-19-15(18)16(13,8-11)9-12-3-5-14(17-2)6-4-12/h3-6,13,17H,1,7-10H2,2H3/t13-,16+/m1/s1. The summed E-state index contributed by atoms with van der Waals surface area (Å²) in [7, 11) is 1.90. The van der Waals surface area contributed by atoms with E-state index in [9.17, 15) is 4.79 Å². The molecule has 1 aliphatic heterocycles. The third kappa shape index (κ3) is 1.93. The van der Waals surface area contributed by atoms with Gasteiger partial charge in [0.2, 0.25) is 0 Å². The van der Waals surface area contributed by atoms with Gasteiger partial charge in [-0.3, -0.25) is 4.79 Å². The summed E-state index contributed by atoms with van der Waals surface area (Å²) < 4.78 is 5.30. The summed E-state index contributed by atoms with van der Waals surface area (Å²) in [6, 6.07) is 8.27. The summed E-state index contributed by atoms with van der Waals surface area (Å²) in [6.45, 7) is 4.63. The van der Waals surface area contributed by atoms with E-state index in [1.165, 1.54) is 11.1 Å². The van der Waals surface area contributed by atoms with E-state index in [1.54, 1.807) is 0 Å². The maximum absolute atomic E-state index is 12.2. The van der Waals surface area contributed by atoms with E-state index in [4.69, 9.17) is 4.74 Å². The number of carbonyl (C=O) groups is 1. The second-order valence-electron chi connectivity index (χ2n) is 5.71. The van der Waals surface area contributed by atoms with Crippen LogP contribution in [0.25, 0.3) is 0 Å². The van der Waals surface area contributed by atoms with Gasteiger partial charge in [-0.15, -0.1) is 0 Å². The Labute approximate surface area is 113 Å².